The molecule has 3 aromatic rings. The third-order valence-electron chi connectivity index (χ3n) is 5.29. The summed E-state index contributed by atoms with van der Waals surface area (Å²) in [5, 5.41) is 7.84. The van der Waals surface area contributed by atoms with E-state index in [-0.39, 0.29) is 22.6 Å². The van der Waals surface area contributed by atoms with Crippen LogP contribution in [0.25, 0.3) is 10.8 Å². The van der Waals surface area contributed by atoms with Gasteiger partial charge >= 0.3 is 11.8 Å². The zero-order valence-electron chi connectivity index (χ0n) is 17.9. The molecule has 8 nitrogen and oxygen atoms in total. The van der Waals surface area contributed by atoms with Crippen LogP contribution in [0, 0.1) is 27.7 Å². The lowest BCUT2D eigenvalue weighted by Gasteiger charge is -2.14. The van der Waals surface area contributed by atoms with E-state index >= 15 is 0 Å². The second-order valence-electron chi connectivity index (χ2n) is 7.82. The fourth-order valence-corrected chi connectivity index (χ4v) is 6.55. The Morgan fingerprint density at radius 1 is 1.06 bits per heavy atom. The molecule has 0 unspecified atom stereocenters. The maximum Gasteiger partial charge on any atom is 0.311 e. The number of anilines is 1. The first kappa shape index (κ1) is 21.5. The van der Waals surface area contributed by atoms with Crippen molar-refractivity contribution in [2.75, 3.05) is 17.8 Å². The van der Waals surface area contributed by atoms with Crippen LogP contribution >= 0.6 is 11.3 Å². The van der Waals surface area contributed by atoms with E-state index in [4.69, 9.17) is 4.42 Å². The first-order valence-corrected chi connectivity index (χ1v) is 12.3. The number of aromatic nitrogens is 2. The number of aryl methyl sites for hydroxylation is 4. The van der Waals surface area contributed by atoms with Gasteiger partial charge in [-0.05, 0) is 57.7 Å². The average Bonchev–Trinajstić information content (AvgIpc) is 3.44. The lowest BCUT2D eigenvalue weighted by Crippen LogP contribution is -2.27. The summed E-state index contributed by atoms with van der Waals surface area (Å²) in [7, 11) is -3.82. The summed E-state index contributed by atoms with van der Waals surface area (Å²) in [6.45, 7) is 8.81. The molecular weight excluding hydrogens is 436 g/mol. The summed E-state index contributed by atoms with van der Waals surface area (Å²) in [5.41, 5.74) is 3.36. The number of amides is 1. The van der Waals surface area contributed by atoms with Gasteiger partial charge in [0.2, 0.25) is 0 Å². The molecule has 1 fully saturated rings. The minimum absolute atomic E-state index is 0.0728. The minimum Gasteiger partial charge on any atom is -0.411 e. The topological polar surface area (TPSA) is 105 Å². The zero-order valence-corrected chi connectivity index (χ0v) is 19.5. The van der Waals surface area contributed by atoms with Crippen molar-refractivity contribution in [3.05, 3.63) is 45.7 Å². The standard InChI is InChI=1S/C21H24N4O4S2/c1-12-9-13(2)18(14(3)10-12)24-31(27,28)17-11-16(30-15(17)4)19-22-23-20(29-19)21(26)25-7-5-6-8-25/h9-11,24H,5-8H2,1-4H3. The number of nitrogens with one attached hydrogen (secondary N) is 1. The number of hydrogen-bond donors (Lipinski definition) is 1. The maximum atomic E-state index is 13.1. The lowest BCUT2D eigenvalue weighted by molar-refractivity contribution is 0.0754. The van der Waals surface area contributed by atoms with Crippen molar-refractivity contribution < 1.29 is 17.6 Å². The molecule has 0 saturated carbocycles. The number of carbonyl (C=O) groups is 1. The Labute approximate surface area is 185 Å². The van der Waals surface area contributed by atoms with E-state index in [9.17, 15) is 13.2 Å². The van der Waals surface area contributed by atoms with Crippen molar-refractivity contribution in [2.24, 2.45) is 0 Å². The summed E-state index contributed by atoms with van der Waals surface area (Å²) >= 11 is 1.23. The zero-order chi connectivity index (χ0) is 22.3. The third kappa shape index (κ3) is 4.22. The lowest BCUT2D eigenvalue weighted by atomic mass is 10.1. The van der Waals surface area contributed by atoms with Gasteiger partial charge in [-0.1, -0.05) is 17.7 Å². The van der Waals surface area contributed by atoms with E-state index in [1.807, 2.05) is 32.9 Å². The molecule has 1 aliphatic heterocycles. The van der Waals surface area contributed by atoms with Gasteiger partial charge in [0.1, 0.15) is 4.90 Å². The number of hydrogen-bond acceptors (Lipinski definition) is 7. The molecule has 0 bridgehead atoms. The van der Waals surface area contributed by atoms with Crippen LogP contribution in [0.15, 0.2) is 27.5 Å². The summed E-state index contributed by atoms with van der Waals surface area (Å²) in [6, 6.07) is 5.39. The smallest absolute Gasteiger partial charge is 0.311 e. The van der Waals surface area contributed by atoms with Gasteiger partial charge in [-0.3, -0.25) is 9.52 Å². The summed E-state index contributed by atoms with van der Waals surface area (Å²) in [5.74, 6) is -0.222. The number of nitrogens with zero attached hydrogens (tertiary/aromatic N) is 3. The van der Waals surface area contributed by atoms with Crippen LogP contribution in [0.2, 0.25) is 0 Å². The minimum atomic E-state index is -3.82. The third-order valence-corrected chi connectivity index (χ3v) is 7.93. The molecule has 4 rings (SSSR count). The fraction of sp³-hybridized carbons (Fsp3) is 0.381. The van der Waals surface area contributed by atoms with Crippen molar-refractivity contribution >= 4 is 33.0 Å². The van der Waals surface area contributed by atoms with E-state index in [0.29, 0.717) is 28.5 Å². The molecule has 1 saturated heterocycles. The molecule has 0 aliphatic carbocycles. The molecule has 1 N–H and O–H groups in total. The van der Waals surface area contributed by atoms with Crippen molar-refractivity contribution in [1.29, 1.82) is 0 Å². The second-order valence-corrected chi connectivity index (χ2v) is 10.7. The maximum absolute atomic E-state index is 13.1. The highest BCUT2D eigenvalue weighted by Gasteiger charge is 2.27. The van der Waals surface area contributed by atoms with Gasteiger partial charge in [-0.2, -0.15) is 0 Å². The predicted molar refractivity (Wildman–Crippen MR) is 119 cm³/mol. The molecule has 31 heavy (non-hydrogen) atoms. The Bertz CT molecular complexity index is 1230. The van der Waals surface area contributed by atoms with Gasteiger partial charge in [0.15, 0.2) is 0 Å². The molecule has 0 spiro atoms. The molecule has 0 atom stereocenters. The molecule has 1 amide bonds. The number of carbonyl (C=O) groups excluding carboxylic acids is 1. The number of benzene rings is 1. The van der Waals surface area contributed by atoms with Gasteiger partial charge in [0.05, 0.1) is 10.6 Å². The van der Waals surface area contributed by atoms with E-state index in [0.717, 1.165) is 29.5 Å². The Morgan fingerprint density at radius 3 is 2.35 bits per heavy atom. The van der Waals surface area contributed by atoms with Gasteiger partial charge < -0.3 is 9.32 Å². The van der Waals surface area contributed by atoms with Crippen LogP contribution < -0.4 is 4.72 Å². The molecule has 0 radical (unpaired) electrons. The fourth-order valence-electron chi connectivity index (χ4n) is 3.83. The van der Waals surface area contributed by atoms with Gasteiger partial charge in [-0.25, -0.2) is 8.42 Å². The Hall–Kier alpha value is -2.72. The van der Waals surface area contributed by atoms with Crippen molar-refractivity contribution in [3.63, 3.8) is 0 Å². The van der Waals surface area contributed by atoms with E-state index < -0.39 is 10.0 Å². The Morgan fingerprint density at radius 2 is 1.71 bits per heavy atom. The Kier molecular flexibility index (Phi) is 5.61. The van der Waals surface area contributed by atoms with Crippen molar-refractivity contribution in [1.82, 2.24) is 15.1 Å². The molecule has 1 aliphatic rings. The molecule has 10 heteroatoms. The highest BCUT2D eigenvalue weighted by Crippen LogP contribution is 2.35. The van der Waals surface area contributed by atoms with Crippen molar-refractivity contribution in [3.8, 4) is 10.8 Å². The van der Waals surface area contributed by atoms with Crippen LogP contribution in [-0.4, -0.2) is 42.5 Å². The molecular formula is C21H24N4O4S2. The number of thiophene rings is 1. The summed E-state index contributed by atoms with van der Waals surface area (Å²) in [4.78, 5) is 15.4. The van der Waals surface area contributed by atoms with Crippen LogP contribution in [0.5, 0.6) is 0 Å². The van der Waals surface area contributed by atoms with Gasteiger partial charge in [-0.15, -0.1) is 21.5 Å². The monoisotopic (exact) mass is 460 g/mol. The number of likely N-dealkylation sites (tertiary alicyclic amines) is 1. The SMILES string of the molecule is Cc1cc(C)c(NS(=O)(=O)c2cc(-c3nnc(C(=O)N4CCCC4)o3)sc2C)c(C)c1. The highest BCUT2D eigenvalue weighted by molar-refractivity contribution is 7.93. The van der Waals surface area contributed by atoms with E-state index in [2.05, 4.69) is 14.9 Å². The highest BCUT2D eigenvalue weighted by atomic mass is 32.2. The first-order chi connectivity index (χ1) is 14.7. The molecule has 1 aromatic carbocycles. The summed E-state index contributed by atoms with van der Waals surface area (Å²) < 4.78 is 34.5. The van der Waals surface area contributed by atoms with Crippen LogP contribution in [0.3, 0.4) is 0 Å². The molecule has 2 aromatic heterocycles. The molecule has 3 heterocycles. The Balaban J connectivity index is 1.61. The largest absolute Gasteiger partial charge is 0.411 e. The van der Waals surface area contributed by atoms with Crippen molar-refractivity contribution in [2.45, 2.75) is 45.4 Å². The number of sulfonamides is 1. The predicted octanol–water partition coefficient (Wildman–Crippen LogP) is 4.07. The summed E-state index contributed by atoms with van der Waals surface area (Å²) in [6.07, 6.45) is 1.93. The first-order valence-electron chi connectivity index (χ1n) is 10.00. The second kappa shape index (κ2) is 8.08. The van der Waals surface area contributed by atoms with E-state index in [1.165, 1.54) is 17.4 Å². The quantitative estimate of drug-likeness (QED) is 0.615. The average molecular weight is 461 g/mol. The van der Waals surface area contributed by atoms with Crippen LogP contribution in [-0.2, 0) is 10.0 Å². The molecule has 164 valence electrons. The van der Waals surface area contributed by atoms with Gasteiger partial charge in [0.25, 0.3) is 15.9 Å². The van der Waals surface area contributed by atoms with Crippen LogP contribution in [0.4, 0.5) is 5.69 Å². The van der Waals surface area contributed by atoms with Gasteiger partial charge in [0, 0.05) is 18.0 Å². The number of rotatable bonds is 5. The normalized spacial score (nSPS) is 14.3. The van der Waals surface area contributed by atoms with E-state index in [1.54, 1.807) is 11.8 Å². The van der Waals surface area contributed by atoms with Crippen LogP contribution in [0.1, 0.15) is 45.1 Å².